The first kappa shape index (κ1) is 27.0. The van der Waals surface area contributed by atoms with E-state index in [1.54, 1.807) is 25.7 Å². The predicted octanol–water partition coefficient (Wildman–Crippen LogP) is 1.83. The van der Waals surface area contributed by atoms with Gasteiger partial charge in [-0.15, -0.1) is 0 Å². The number of ether oxygens (including phenoxy) is 1. The van der Waals surface area contributed by atoms with Gasteiger partial charge in [0.2, 0.25) is 15.9 Å². The second kappa shape index (κ2) is 10.5. The topological polar surface area (TPSA) is 116 Å². The summed E-state index contributed by atoms with van der Waals surface area (Å²) >= 11 is 0. The molecule has 0 aliphatic carbocycles. The maximum absolute atomic E-state index is 13.3. The van der Waals surface area contributed by atoms with Gasteiger partial charge in [-0.2, -0.15) is 4.31 Å². The van der Waals surface area contributed by atoms with E-state index >= 15 is 0 Å². The number of sulfonamides is 1. The van der Waals surface area contributed by atoms with E-state index in [2.05, 4.69) is 5.16 Å². The fraction of sp³-hybridized carbons (Fsp3) is 0.583. The molecule has 3 rings (SSSR count). The maximum atomic E-state index is 13.3. The molecule has 0 unspecified atom stereocenters. The molecule has 2 aromatic rings. The van der Waals surface area contributed by atoms with Crippen LogP contribution in [0.1, 0.15) is 30.9 Å². The molecule has 0 radical (unpaired) electrons. The van der Waals surface area contributed by atoms with E-state index in [4.69, 9.17) is 9.26 Å². The normalized spacial score (nSPS) is 20.0. The first-order chi connectivity index (χ1) is 16.4. The van der Waals surface area contributed by atoms with E-state index < -0.39 is 16.1 Å². The Hall–Kier alpha value is -2.63. The number of aliphatic hydroxyl groups excluding tert-OH is 1. The molecule has 1 aromatic carbocycles. The van der Waals surface area contributed by atoms with E-state index in [1.807, 2.05) is 44.1 Å². The first-order valence-corrected chi connectivity index (χ1v) is 13.1. The summed E-state index contributed by atoms with van der Waals surface area (Å²) in [5, 5.41) is 13.6. The number of amides is 1. The Morgan fingerprint density at radius 1 is 1.26 bits per heavy atom. The number of benzene rings is 1. The van der Waals surface area contributed by atoms with Crippen molar-refractivity contribution >= 4 is 21.6 Å². The molecule has 35 heavy (non-hydrogen) atoms. The van der Waals surface area contributed by atoms with Crippen LogP contribution < -0.4 is 9.64 Å². The number of hydrogen-bond acceptors (Lipinski definition) is 8. The molecule has 11 heteroatoms. The SMILES string of the molecule is Cc1noc(C)c1S(=O)(=O)N(C)C[C@H]1Oc2ccc(N(C)C)cc2CC(=O)N([C@H](C)CO)C[C@H]1C. The number of carbonyl (C=O) groups excluding carboxylic acids is 1. The molecule has 1 N–H and O–H groups in total. The minimum Gasteiger partial charge on any atom is -0.488 e. The molecule has 0 saturated carbocycles. The smallest absolute Gasteiger partial charge is 0.248 e. The summed E-state index contributed by atoms with van der Waals surface area (Å²) < 4.78 is 39.4. The fourth-order valence-corrected chi connectivity index (χ4v) is 5.73. The average molecular weight is 509 g/mol. The van der Waals surface area contributed by atoms with Gasteiger partial charge < -0.3 is 24.2 Å². The number of anilines is 1. The molecular weight excluding hydrogens is 472 g/mol. The summed E-state index contributed by atoms with van der Waals surface area (Å²) in [7, 11) is 1.45. The fourth-order valence-electron chi connectivity index (χ4n) is 4.26. The van der Waals surface area contributed by atoms with Crippen LogP contribution >= 0.6 is 0 Å². The van der Waals surface area contributed by atoms with Gasteiger partial charge in [0.25, 0.3) is 0 Å². The van der Waals surface area contributed by atoms with Crippen molar-refractivity contribution < 1.29 is 27.6 Å². The lowest BCUT2D eigenvalue weighted by atomic mass is 10.0. The van der Waals surface area contributed by atoms with Gasteiger partial charge in [0, 0.05) is 44.9 Å². The van der Waals surface area contributed by atoms with Gasteiger partial charge in [-0.05, 0) is 39.0 Å². The number of likely N-dealkylation sites (N-methyl/N-ethyl adjacent to an activating group) is 1. The number of fused-ring (bicyclic) bond motifs is 1. The van der Waals surface area contributed by atoms with Gasteiger partial charge in [0.1, 0.15) is 22.4 Å². The van der Waals surface area contributed by atoms with Crippen molar-refractivity contribution in [3.63, 3.8) is 0 Å². The molecule has 0 saturated heterocycles. The number of aliphatic hydroxyl groups is 1. The molecular formula is C24H36N4O6S. The van der Waals surface area contributed by atoms with Crippen LogP contribution in [0.3, 0.4) is 0 Å². The lowest BCUT2D eigenvalue weighted by molar-refractivity contribution is -0.134. The zero-order chi connectivity index (χ0) is 26.1. The highest BCUT2D eigenvalue weighted by atomic mass is 32.2. The molecule has 194 valence electrons. The molecule has 1 amide bonds. The number of rotatable bonds is 7. The third-order valence-electron chi connectivity index (χ3n) is 6.49. The van der Waals surface area contributed by atoms with Crippen molar-refractivity contribution in [2.45, 2.75) is 51.2 Å². The van der Waals surface area contributed by atoms with Crippen LogP contribution in [0.5, 0.6) is 5.75 Å². The van der Waals surface area contributed by atoms with Gasteiger partial charge in [-0.3, -0.25) is 4.79 Å². The number of nitrogens with zero attached hydrogens (tertiary/aromatic N) is 4. The third-order valence-corrected chi connectivity index (χ3v) is 8.56. The zero-order valence-electron chi connectivity index (χ0n) is 21.5. The molecule has 1 aliphatic heterocycles. The Balaban J connectivity index is 2.00. The van der Waals surface area contributed by atoms with Crippen LogP contribution in [0.4, 0.5) is 5.69 Å². The summed E-state index contributed by atoms with van der Waals surface area (Å²) in [4.78, 5) is 16.9. The Labute approximate surface area is 207 Å². The monoisotopic (exact) mass is 508 g/mol. The Bertz CT molecular complexity index is 1140. The highest BCUT2D eigenvalue weighted by Gasteiger charge is 2.35. The highest BCUT2D eigenvalue weighted by Crippen LogP contribution is 2.31. The van der Waals surface area contributed by atoms with Crippen molar-refractivity contribution in [3.8, 4) is 5.75 Å². The molecule has 2 heterocycles. The number of aromatic nitrogens is 1. The molecule has 0 bridgehead atoms. The number of carbonyl (C=O) groups is 1. The quantitative estimate of drug-likeness (QED) is 0.602. The number of hydrogen-bond donors (Lipinski definition) is 1. The first-order valence-electron chi connectivity index (χ1n) is 11.6. The van der Waals surface area contributed by atoms with E-state index in [-0.39, 0.29) is 48.1 Å². The van der Waals surface area contributed by atoms with Crippen LogP contribution in [0.15, 0.2) is 27.6 Å². The van der Waals surface area contributed by atoms with Gasteiger partial charge in [-0.1, -0.05) is 12.1 Å². The molecule has 0 spiro atoms. The molecule has 10 nitrogen and oxygen atoms in total. The minimum atomic E-state index is -3.88. The predicted molar refractivity (Wildman–Crippen MR) is 132 cm³/mol. The Morgan fingerprint density at radius 2 is 1.94 bits per heavy atom. The van der Waals surface area contributed by atoms with E-state index in [1.165, 1.54) is 11.4 Å². The van der Waals surface area contributed by atoms with Gasteiger partial charge in [0.15, 0.2) is 5.76 Å². The molecule has 1 aromatic heterocycles. The lowest BCUT2D eigenvalue weighted by Gasteiger charge is -2.33. The zero-order valence-corrected chi connectivity index (χ0v) is 22.3. The summed E-state index contributed by atoms with van der Waals surface area (Å²) in [6.45, 7) is 7.08. The van der Waals surface area contributed by atoms with Gasteiger partial charge >= 0.3 is 0 Å². The summed E-state index contributed by atoms with van der Waals surface area (Å²) in [6, 6.07) is 5.26. The summed E-state index contributed by atoms with van der Waals surface area (Å²) in [5.41, 5.74) is 1.93. The van der Waals surface area contributed by atoms with E-state index in [9.17, 15) is 18.3 Å². The van der Waals surface area contributed by atoms with E-state index in [0.717, 1.165) is 5.69 Å². The number of aryl methyl sites for hydroxylation is 2. The Kier molecular flexibility index (Phi) is 8.13. The van der Waals surface area contributed by atoms with Crippen LogP contribution in [0.25, 0.3) is 0 Å². The highest BCUT2D eigenvalue weighted by molar-refractivity contribution is 7.89. The van der Waals surface area contributed by atoms with Gasteiger partial charge in [0.05, 0.1) is 25.6 Å². The Morgan fingerprint density at radius 3 is 2.51 bits per heavy atom. The van der Waals surface area contributed by atoms with Crippen molar-refractivity contribution in [2.75, 3.05) is 45.7 Å². The van der Waals surface area contributed by atoms with Crippen LogP contribution in [-0.2, 0) is 21.2 Å². The summed E-state index contributed by atoms with van der Waals surface area (Å²) in [6.07, 6.45) is -0.438. The lowest BCUT2D eigenvalue weighted by Crippen LogP contribution is -2.48. The third kappa shape index (κ3) is 5.62. The van der Waals surface area contributed by atoms with Crippen LogP contribution in [-0.4, -0.2) is 86.8 Å². The summed E-state index contributed by atoms with van der Waals surface area (Å²) in [5.74, 6) is 0.432. The molecule has 1 aliphatic rings. The maximum Gasteiger partial charge on any atom is 0.248 e. The van der Waals surface area contributed by atoms with Crippen molar-refractivity contribution in [2.24, 2.45) is 5.92 Å². The second-order valence-corrected chi connectivity index (χ2v) is 11.5. The minimum absolute atomic E-state index is 0.0532. The van der Waals surface area contributed by atoms with Crippen LogP contribution in [0.2, 0.25) is 0 Å². The van der Waals surface area contributed by atoms with Crippen molar-refractivity contribution in [3.05, 3.63) is 35.2 Å². The largest absolute Gasteiger partial charge is 0.488 e. The standard InChI is InChI=1S/C24H36N4O6S/c1-15-12-28(16(2)14-29)23(30)11-19-10-20(26(5)6)8-9-21(19)33-22(15)13-27(7)35(31,32)24-17(3)25-34-18(24)4/h8-10,15-16,22,29H,11-14H2,1-7H3/t15-,16-,22-/m1/s1. The molecule has 3 atom stereocenters. The van der Waals surface area contributed by atoms with E-state index in [0.29, 0.717) is 23.6 Å². The molecule has 0 fully saturated rings. The van der Waals surface area contributed by atoms with Crippen LogP contribution in [0, 0.1) is 19.8 Å². The second-order valence-electron chi connectivity index (χ2n) is 9.51. The van der Waals surface area contributed by atoms with Crippen molar-refractivity contribution in [1.82, 2.24) is 14.4 Å². The average Bonchev–Trinajstić information content (AvgIpc) is 3.16. The van der Waals surface area contributed by atoms with Crippen molar-refractivity contribution in [1.29, 1.82) is 0 Å². The van der Waals surface area contributed by atoms with Gasteiger partial charge in [-0.25, -0.2) is 8.42 Å².